The van der Waals surface area contributed by atoms with Crippen LogP contribution in [0.2, 0.25) is 5.02 Å². The Kier molecular flexibility index (Phi) is 3.93. The molecule has 0 fully saturated rings. The lowest BCUT2D eigenvalue weighted by atomic mass is 10.1. The molecule has 0 amide bonds. The Labute approximate surface area is 145 Å². The maximum Gasteiger partial charge on any atom is 0.434 e. The van der Waals surface area contributed by atoms with Gasteiger partial charge in [-0.05, 0) is 28.9 Å². The van der Waals surface area contributed by atoms with Crippen LogP contribution in [0, 0.1) is 12.7 Å². The van der Waals surface area contributed by atoms with Crippen LogP contribution in [0.15, 0.2) is 10.5 Å². The average molecular weight is 429 g/mol. The van der Waals surface area contributed by atoms with E-state index in [1.54, 1.807) is 6.92 Å². The molecule has 2 aromatic heterocycles. The lowest BCUT2D eigenvalue weighted by Crippen LogP contribution is -2.12. The number of aromatic nitrogens is 3. The summed E-state index contributed by atoms with van der Waals surface area (Å²) in [5.74, 6) is -0.777. The second-order valence-electron chi connectivity index (χ2n) is 4.76. The van der Waals surface area contributed by atoms with Crippen molar-refractivity contribution in [2.45, 2.75) is 13.1 Å². The fourth-order valence-corrected chi connectivity index (χ4v) is 4.20. The molecule has 0 atom stereocenters. The monoisotopic (exact) mass is 427 g/mol. The van der Waals surface area contributed by atoms with E-state index >= 15 is 0 Å². The van der Waals surface area contributed by atoms with Gasteiger partial charge in [0, 0.05) is 7.05 Å². The smallest absolute Gasteiger partial charge is 0.262 e. The summed E-state index contributed by atoms with van der Waals surface area (Å²) in [6.07, 6.45) is -4.63. The maximum atomic E-state index is 14.4. The minimum absolute atomic E-state index is 0.105. The summed E-state index contributed by atoms with van der Waals surface area (Å²) in [4.78, 5) is 4.20. The molecule has 0 unspecified atom stereocenters. The van der Waals surface area contributed by atoms with Gasteiger partial charge in [0.2, 0.25) is 0 Å². The van der Waals surface area contributed by atoms with Gasteiger partial charge in [0.25, 0.3) is 0 Å². The molecular weight excluding hydrogens is 422 g/mol. The molecule has 3 rings (SSSR count). The summed E-state index contributed by atoms with van der Waals surface area (Å²) in [5, 5.41) is 4.61. The molecule has 0 aliphatic rings. The molecule has 0 saturated carbocycles. The minimum atomic E-state index is -4.63. The van der Waals surface area contributed by atoms with Crippen LogP contribution in [-0.2, 0) is 13.2 Å². The zero-order valence-corrected chi connectivity index (χ0v) is 14.8. The summed E-state index contributed by atoms with van der Waals surface area (Å²) >= 11 is 10.1. The topological polar surface area (TPSA) is 30.7 Å². The molecule has 0 N–H and O–H groups in total. The Hall–Kier alpha value is -1.19. The lowest BCUT2D eigenvalue weighted by Gasteiger charge is -2.06. The van der Waals surface area contributed by atoms with Gasteiger partial charge in [0.05, 0.1) is 30.3 Å². The predicted molar refractivity (Wildman–Crippen MR) is 84.2 cm³/mol. The number of hydrogen-bond donors (Lipinski definition) is 0. The van der Waals surface area contributed by atoms with Crippen molar-refractivity contribution in [1.82, 2.24) is 14.8 Å². The van der Waals surface area contributed by atoms with E-state index < -0.39 is 17.7 Å². The number of aryl methyl sites for hydroxylation is 2. The van der Waals surface area contributed by atoms with Crippen LogP contribution in [0.5, 0.6) is 0 Å². The molecule has 0 spiro atoms. The molecule has 0 radical (unpaired) electrons. The standard InChI is InChI=1S/C13H7BrClF4N3S/c1-4-20-10-7(6(16)3-5(15)11(10)23-4)9-8(14)12(13(17,18)19)22(2)21-9/h3H,1-2H3. The number of rotatable bonds is 1. The Morgan fingerprint density at radius 1 is 1.35 bits per heavy atom. The van der Waals surface area contributed by atoms with Crippen molar-refractivity contribution in [2.24, 2.45) is 7.05 Å². The van der Waals surface area contributed by atoms with Crippen molar-refractivity contribution < 1.29 is 17.6 Å². The summed E-state index contributed by atoms with van der Waals surface area (Å²) < 4.78 is 54.6. The van der Waals surface area contributed by atoms with Crippen LogP contribution in [0.25, 0.3) is 21.5 Å². The Morgan fingerprint density at radius 2 is 2.00 bits per heavy atom. The quantitative estimate of drug-likeness (QED) is 0.474. The molecule has 2 heterocycles. The zero-order chi connectivity index (χ0) is 17.1. The van der Waals surface area contributed by atoms with E-state index in [0.29, 0.717) is 14.4 Å². The van der Waals surface area contributed by atoms with Gasteiger partial charge in [0.1, 0.15) is 11.5 Å². The van der Waals surface area contributed by atoms with Gasteiger partial charge in [-0.25, -0.2) is 9.37 Å². The summed E-state index contributed by atoms with van der Waals surface area (Å²) in [7, 11) is 1.15. The molecule has 0 aliphatic carbocycles. The van der Waals surface area contributed by atoms with Crippen molar-refractivity contribution in [3.8, 4) is 11.3 Å². The lowest BCUT2D eigenvalue weighted by molar-refractivity contribution is -0.144. The molecule has 10 heteroatoms. The van der Waals surface area contributed by atoms with E-state index in [1.165, 1.54) is 11.3 Å². The molecule has 3 nitrogen and oxygen atoms in total. The molecule has 0 bridgehead atoms. The van der Waals surface area contributed by atoms with Crippen molar-refractivity contribution in [1.29, 1.82) is 0 Å². The van der Waals surface area contributed by atoms with Crippen LogP contribution in [0.1, 0.15) is 10.7 Å². The fourth-order valence-electron chi connectivity index (χ4n) is 2.31. The largest absolute Gasteiger partial charge is 0.434 e. The predicted octanol–water partition coefficient (Wildman–Crippen LogP) is 5.58. The van der Waals surface area contributed by atoms with E-state index in [2.05, 4.69) is 26.0 Å². The number of thiazole rings is 1. The Morgan fingerprint density at radius 3 is 2.57 bits per heavy atom. The third-order valence-electron chi connectivity index (χ3n) is 3.17. The first-order valence-electron chi connectivity index (χ1n) is 6.16. The summed E-state index contributed by atoms with van der Waals surface area (Å²) in [6, 6.07) is 1.06. The Balaban J connectivity index is 2.39. The normalized spacial score (nSPS) is 12.3. The van der Waals surface area contributed by atoms with Crippen LogP contribution in [0.3, 0.4) is 0 Å². The van der Waals surface area contributed by atoms with Crippen LogP contribution in [-0.4, -0.2) is 14.8 Å². The molecule has 23 heavy (non-hydrogen) atoms. The van der Waals surface area contributed by atoms with Gasteiger partial charge in [-0.3, -0.25) is 4.68 Å². The molecule has 0 saturated heterocycles. The summed E-state index contributed by atoms with van der Waals surface area (Å²) in [5.41, 5.74) is -1.07. The maximum absolute atomic E-state index is 14.4. The molecule has 122 valence electrons. The summed E-state index contributed by atoms with van der Waals surface area (Å²) in [6.45, 7) is 1.71. The Bertz CT molecular complexity index is 932. The number of fused-ring (bicyclic) bond motifs is 1. The number of halogens is 6. The van der Waals surface area contributed by atoms with Gasteiger partial charge in [-0.2, -0.15) is 18.3 Å². The van der Waals surface area contributed by atoms with Crippen LogP contribution >= 0.6 is 38.9 Å². The zero-order valence-electron chi connectivity index (χ0n) is 11.6. The van der Waals surface area contributed by atoms with E-state index in [0.717, 1.165) is 13.1 Å². The van der Waals surface area contributed by atoms with Crippen molar-refractivity contribution in [3.05, 3.63) is 32.1 Å². The van der Waals surface area contributed by atoms with E-state index in [4.69, 9.17) is 11.6 Å². The van der Waals surface area contributed by atoms with E-state index in [9.17, 15) is 17.6 Å². The molecule has 0 aliphatic heterocycles. The van der Waals surface area contributed by atoms with E-state index in [1.807, 2.05) is 0 Å². The molecule has 3 aromatic rings. The first-order chi connectivity index (χ1) is 10.6. The number of benzene rings is 1. The van der Waals surface area contributed by atoms with Crippen molar-refractivity contribution in [2.75, 3.05) is 0 Å². The third-order valence-corrected chi connectivity index (χ3v) is 5.34. The highest BCUT2D eigenvalue weighted by Gasteiger charge is 2.39. The third kappa shape index (κ3) is 2.64. The number of nitrogens with zero attached hydrogens (tertiary/aromatic N) is 3. The molecular formula is C13H7BrClF4N3S. The second-order valence-corrected chi connectivity index (χ2v) is 7.16. The van der Waals surface area contributed by atoms with Gasteiger partial charge < -0.3 is 0 Å². The number of hydrogen-bond acceptors (Lipinski definition) is 3. The van der Waals surface area contributed by atoms with Gasteiger partial charge >= 0.3 is 6.18 Å². The van der Waals surface area contributed by atoms with Crippen molar-refractivity contribution >= 4 is 49.1 Å². The first kappa shape index (κ1) is 16.7. The van der Waals surface area contributed by atoms with Crippen molar-refractivity contribution in [3.63, 3.8) is 0 Å². The number of alkyl halides is 3. The fraction of sp³-hybridized carbons (Fsp3) is 0.231. The highest BCUT2D eigenvalue weighted by molar-refractivity contribution is 9.10. The minimum Gasteiger partial charge on any atom is -0.262 e. The van der Waals surface area contributed by atoms with Crippen LogP contribution in [0.4, 0.5) is 17.6 Å². The highest BCUT2D eigenvalue weighted by atomic mass is 79.9. The van der Waals surface area contributed by atoms with E-state index in [-0.39, 0.29) is 26.3 Å². The molecule has 1 aromatic carbocycles. The van der Waals surface area contributed by atoms with Gasteiger partial charge in [0.15, 0.2) is 5.69 Å². The van der Waals surface area contributed by atoms with Gasteiger partial charge in [-0.1, -0.05) is 11.6 Å². The SMILES string of the molecule is Cc1nc2c(-c3nn(C)c(C(F)(F)F)c3Br)c(F)cc(Cl)c2s1. The second kappa shape index (κ2) is 5.42. The highest BCUT2D eigenvalue weighted by Crippen LogP contribution is 2.44. The van der Waals surface area contributed by atoms with Crippen LogP contribution < -0.4 is 0 Å². The average Bonchev–Trinajstić information content (AvgIpc) is 2.90. The van der Waals surface area contributed by atoms with Gasteiger partial charge in [-0.15, -0.1) is 11.3 Å². The first-order valence-corrected chi connectivity index (χ1v) is 8.15.